The molecule has 1 N–H and O–H groups in total. The van der Waals surface area contributed by atoms with Gasteiger partial charge >= 0.3 is 12.2 Å². The maximum absolute atomic E-state index is 12.4. The molecule has 7 nitrogen and oxygen atoms in total. The molecular weight excluding hydrogens is 339 g/mol. The van der Waals surface area contributed by atoms with Crippen LogP contribution in [0.3, 0.4) is 0 Å². The zero-order valence-corrected chi connectivity index (χ0v) is 13.4. The number of amides is 3. The number of anilines is 1. The quantitative estimate of drug-likeness (QED) is 0.879. The van der Waals surface area contributed by atoms with Crippen LogP contribution in [-0.2, 0) is 11.0 Å². The second kappa shape index (κ2) is 6.85. The van der Waals surface area contributed by atoms with Crippen molar-refractivity contribution in [1.82, 2.24) is 20.0 Å². The molecule has 3 rings (SSSR count). The molecule has 25 heavy (non-hydrogen) atoms. The molecule has 0 atom stereocenters. The van der Waals surface area contributed by atoms with E-state index in [1.54, 1.807) is 4.90 Å². The van der Waals surface area contributed by atoms with E-state index in [-0.39, 0.29) is 17.8 Å². The molecule has 136 valence electrons. The van der Waals surface area contributed by atoms with E-state index in [4.69, 9.17) is 0 Å². The van der Waals surface area contributed by atoms with Crippen molar-refractivity contribution in [2.24, 2.45) is 0 Å². The molecule has 10 heteroatoms. The highest BCUT2D eigenvalue weighted by Crippen LogP contribution is 2.27. The first-order valence-corrected chi connectivity index (χ1v) is 8.11. The van der Waals surface area contributed by atoms with Gasteiger partial charge in [-0.25, -0.2) is 4.79 Å². The summed E-state index contributed by atoms with van der Waals surface area (Å²) in [6.07, 6.45) is -1.71. The Hall–Kier alpha value is -2.39. The van der Waals surface area contributed by atoms with Crippen molar-refractivity contribution < 1.29 is 22.8 Å². The van der Waals surface area contributed by atoms with Crippen molar-refractivity contribution in [2.45, 2.75) is 37.9 Å². The standard InChI is InChI=1S/C15H18F3N5O2/c16-15(17,18)11-3-4-12(21-20-11)19-14(25)22-8-5-10(6-9-22)23-7-1-2-13(23)24/h3-4,10H,1-2,5-9H2,(H,19,21,25). The van der Waals surface area contributed by atoms with E-state index in [1.807, 2.05) is 4.90 Å². The Labute approximate surface area is 142 Å². The topological polar surface area (TPSA) is 78.4 Å². The summed E-state index contributed by atoms with van der Waals surface area (Å²) in [5.74, 6) is 0.137. The van der Waals surface area contributed by atoms with Crippen LogP contribution < -0.4 is 5.32 Å². The summed E-state index contributed by atoms with van der Waals surface area (Å²) in [7, 11) is 0. The average Bonchev–Trinajstić information content (AvgIpc) is 3.01. The number of halogens is 3. The van der Waals surface area contributed by atoms with E-state index in [1.165, 1.54) is 0 Å². The maximum Gasteiger partial charge on any atom is 0.435 e. The fourth-order valence-electron chi connectivity index (χ4n) is 3.17. The van der Waals surface area contributed by atoms with Crippen molar-refractivity contribution in [3.8, 4) is 0 Å². The van der Waals surface area contributed by atoms with Gasteiger partial charge in [0.05, 0.1) is 0 Å². The molecule has 0 aliphatic carbocycles. The van der Waals surface area contributed by atoms with Crippen LogP contribution >= 0.6 is 0 Å². The zero-order chi connectivity index (χ0) is 18.0. The lowest BCUT2D eigenvalue weighted by molar-refractivity contribution is -0.141. The number of likely N-dealkylation sites (tertiary alicyclic amines) is 2. The molecule has 2 saturated heterocycles. The number of hydrogen-bond acceptors (Lipinski definition) is 4. The zero-order valence-electron chi connectivity index (χ0n) is 13.4. The fraction of sp³-hybridized carbons (Fsp3) is 0.600. The molecule has 0 unspecified atom stereocenters. The number of alkyl halides is 3. The second-order valence-corrected chi connectivity index (χ2v) is 6.14. The molecule has 2 aliphatic heterocycles. The number of aromatic nitrogens is 2. The van der Waals surface area contributed by atoms with Crippen molar-refractivity contribution in [2.75, 3.05) is 25.0 Å². The Morgan fingerprint density at radius 3 is 2.40 bits per heavy atom. The van der Waals surface area contributed by atoms with Crippen molar-refractivity contribution >= 4 is 17.8 Å². The third-order valence-electron chi connectivity index (χ3n) is 4.49. The van der Waals surface area contributed by atoms with Crippen molar-refractivity contribution in [3.63, 3.8) is 0 Å². The Morgan fingerprint density at radius 2 is 1.88 bits per heavy atom. The van der Waals surface area contributed by atoms with Gasteiger partial charge in [-0.2, -0.15) is 13.2 Å². The van der Waals surface area contributed by atoms with Gasteiger partial charge in [-0.1, -0.05) is 0 Å². The van der Waals surface area contributed by atoms with Gasteiger partial charge in [0.1, 0.15) is 0 Å². The SMILES string of the molecule is O=C(Nc1ccc(C(F)(F)F)nn1)N1CCC(N2CCCC2=O)CC1. The molecule has 0 spiro atoms. The van der Waals surface area contributed by atoms with Crippen LogP contribution in [0.2, 0.25) is 0 Å². The van der Waals surface area contributed by atoms with E-state index in [9.17, 15) is 22.8 Å². The number of carbonyl (C=O) groups is 2. The van der Waals surface area contributed by atoms with Crippen LogP contribution in [0.25, 0.3) is 0 Å². The first-order valence-electron chi connectivity index (χ1n) is 8.11. The van der Waals surface area contributed by atoms with Gasteiger partial charge in [0.15, 0.2) is 11.5 Å². The minimum atomic E-state index is -4.57. The largest absolute Gasteiger partial charge is 0.435 e. The van der Waals surface area contributed by atoms with Crippen molar-refractivity contribution in [1.29, 1.82) is 0 Å². The maximum atomic E-state index is 12.4. The van der Waals surface area contributed by atoms with Crippen LogP contribution in [-0.4, -0.2) is 57.6 Å². The summed E-state index contributed by atoms with van der Waals surface area (Å²) >= 11 is 0. The molecule has 0 saturated carbocycles. The number of urea groups is 1. The molecule has 2 aliphatic rings. The van der Waals surface area contributed by atoms with Crippen LogP contribution in [0.1, 0.15) is 31.4 Å². The van der Waals surface area contributed by atoms with Gasteiger partial charge in [-0.3, -0.25) is 10.1 Å². The van der Waals surface area contributed by atoms with E-state index >= 15 is 0 Å². The molecular formula is C15H18F3N5O2. The smallest absolute Gasteiger partial charge is 0.340 e. The van der Waals surface area contributed by atoms with Crippen LogP contribution in [0.4, 0.5) is 23.8 Å². The Morgan fingerprint density at radius 1 is 1.16 bits per heavy atom. The lowest BCUT2D eigenvalue weighted by Gasteiger charge is -2.36. The number of rotatable bonds is 2. The summed E-state index contributed by atoms with van der Waals surface area (Å²) in [6.45, 7) is 1.74. The van der Waals surface area contributed by atoms with Gasteiger partial charge in [0, 0.05) is 32.1 Å². The Balaban J connectivity index is 1.52. The van der Waals surface area contributed by atoms with Gasteiger partial charge in [-0.05, 0) is 31.4 Å². The summed E-state index contributed by atoms with van der Waals surface area (Å²) in [5, 5.41) is 8.90. The number of carbonyl (C=O) groups excluding carboxylic acids is 2. The van der Waals surface area contributed by atoms with Gasteiger partial charge in [-0.15, -0.1) is 10.2 Å². The summed E-state index contributed by atoms with van der Waals surface area (Å²) in [4.78, 5) is 27.4. The Kier molecular flexibility index (Phi) is 4.78. The molecule has 0 radical (unpaired) electrons. The molecule has 2 fully saturated rings. The van der Waals surface area contributed by atoms with E-state index < -0.39 is 17.9 Å². The predicted octanol–water partition coefficient (Wildman–Crippen LogP) is 2.11. The lowest BCUT2D eigenvalue weighted by atomic mass is 10.0. The minimum absolute atomic E-state index is 0.0326. The van der Waals surface area contributed by atoms with Gasteiger partial charge in [0.2, 0.25) is 5.91 Å². The summed E-state index contributed by atoms with van der Waals surface area (Å²) < 4.78 is 37.3. The summed E-state index contributed by atoms with van der Waals surface area (Å²) in [5.41, 5.74) is -1.11. The van der Waals surface area contributed by atoms with Crippen LogP contribution in [0.15, 0.2) is 12.1 Å². The van der Waals surface area contributed by atoms with Gasteiger partial charge in [0.25, 0.3) is 0 Å². The molecule has 0 aromatic carbocycles. The molecule has 0 bridgehead atoms. The highest BCUT2D eigenvalue weighted by atomic mass is 19.4. The third kappa shape index (κ3) is 3.99. The van der Waals surface area contributed by atoms with Crippen LogP contribution in [0, 0.1) is 0 Å². The second-order valence-electron chi connectivity index (χ2n) is 6.14. The molecule has 3 heterocycles. The average molecular weight is 357 g/mol. The predicted molar refractivity (Wildman–Crippen MR) is 81.6 cm³/mol. The van der Waals surface area contributed by atoms with E-state index in [0.717, 1.165) is 25.1 Å². The number of piperidine rings is 1. The Bertz CT molecular complexity index is 642. The number of hydrogen-bond donors (Lipinski definition) is 1. The first kappa shape index (κ1) is 17.4. The number of nitrogens with one attached hydrogen (secondary N) is 1. The highest BCUT2D eigenvalue weighted by molar-refractivity contribution is 5.88. The first-order chi connectivity index (χ1) is 11.8. The minimum Gasteiger partial charge on any atom is -0.340 e. The summed E-state index contributed by atoms with van der Waals surface area (Å²) in [6, 6.07) is 1.57. The molecule has 1 aromatic rings. The fourth-order valence-corrected chi connectivity index (χ4v) is 3.17. The number of nitrogens with zero attached hydrogens (tertiary/aromatic N) is 4. The normalized spacial score (nSPS) is 19.4. The van der Waals surface area contributed by atoms with Gasteiger partial charge < -0.3 is 9.80 Å². The monoisotopic (exact) mass is 357 g/mol. The van der Waals surface area contributed by atoms with E-state index in [0.29, 0.717) is 32.4 Å². The molecule has 3 amide bonds. The molecule has 1 aromatic heterocycles. The highest BCUT2D eigenvalue weighted by Gasteiger charge is 2.34. The lowest BCUT2D eigenvalue weighted by Crippen LogP contribution is -2.48. The van der Waals surface area contributed by atoms with Crippen LogP contribution in [0.5, 0.6) is 0 Å². The van der Waals surface area contributed by atoms with E-state index in [2.05, 4.69) is 15.5 Å². The van der Waals surface area contributed by atoms with Crippen molar-refractivity contribution in [3.05, 3.63) is 17.8 Å². The third-order valence-corrected chi connectivity index (χ3v) is 4.49.